The second-order valence-electron chi connectivity index (χ2n) is 5.09. The number of hydrogen-bond acceptors (Lipinski definition) is 2. The molecule has 0 aromatic heterocycles. The monoisotopic (exact) mass is 264 g/mol. The fourth-order valence-electron chi connectivity index (χ4n) is 1.76. The van der Waals surface area contributed by atoms with E-state index in [1.165, 1.54) is 0 Å². The van der Waals surface area contributed by atoms with Crippen LogP contribution < -0.4 is 10.6 Å². The van der Waals surface area contributed by atoms with E-state index in [9.17, 15) is 9.59 Å². The van der Waals surface area contributed by atoms with Crippen LogP contribution in [0.1, 0.15) is 32.8 Å². The molecule has 0 atom stereocenters. The second kappa shape index (κ2) is 6.22. The highest BCUT2D eigenvalue weighted by Crippen LogP contribution is 2.12. The fraction of sp³-hybridized carbons (Fsp3) is 0.429. The van der Waals surface area contributed by atoms with Gasteiger partial charge in [0.2, 0.25) is 0 Å². The van der Waals surface area contributed by atoms with Crippen molar-refractivity contribution in [2.24, 2.45) is 0 Å². The van der Waals surface area contributed by atoms with E-state index in [0.717, 1.165) is 12.0 Å². The lowest BCUT2D eigenvalue weighted by Crippen LogP contribution is -2.46. The molecular weight excluding hydrogens is 244 g/mol. The Hall–Kier alpha value is -2.04. The van der Waals surface area contributed by atoms with E-state index in [4.69, 9.17) is 5.11 Å². The number of carbonyl (C=O) groups excluding carboxylic acids is 1. The lowest BCUT2D eigenvalue weighted by atomic mass is 10.0. The number of aliphatic carboxylic acids is 1. The third-order valence-corrected chi connectivity index (χ3v) is 2.64. The zero-order valence-corrected chi connectivity index (χ0v) is 11.5. The quantitative estimate of drug-likeness (QED) is 0.765. The zero-order valence-electron chi connectivity index (χ0n) is 11.5. The van der Waals surface area contributed by atoms with E-state index in [1.54, 1.807) is 19.9 Å². The molecule has 1 aromatic rings. The number of anilines is 1. The normalized spacial score (nSPS) is 10.9. The fourth-order valence-corrected chi connectivity index (χ4v) is 1.76. The number of amides is 2. The minimum Gasteiger partial charge on any atom is -0.481 e. The predicted octanol–water partition coefficient (Wildman–Crippen LogP) is 2.62. The van der Waals surface area contributed by atoms with Crippen LogP contribution in [0, 0.1) is 0 Å². The van der Waals surface area contributed by atoms with E-state index in [1.807, 2.05) is 25.1 Å². The van der Waals surface area contributed by atoms with Crippen LogP contribution in [0.5, 0.6) is 0 Å². The molecule has 1 rings (SSSR count). The Kier molecular flexibility index (Phi) is 4.92. The summed E-state index contributed by atoms with van der Waals surface area (Å²) in [5.74, 6) is -0.946. The van der Waals surface area contributed by atoms with Crippen molar-refractivity contribution in [2.45, 2.75) is 39.2 Å². The molecule has 0 heterocycles. The third-order valence-electron chi connectivity index (χ3n) is 2.64. The highest BCUT2D eigenvalue weighted by Gasteiger charge is 2.23. The maximum absolute atomic E-state index is 11.8. The Bertz CT molecular complexity index is 470. The average Bonchev–Trinajstić information content (AvgIpc) is 2.26. The van der Waals surface area contributed by atoms with Gasteiger partial charge in [-0.2, -0.15) is 0 Å². The van der Waals surface area contributed by atoms with Gasteiger partial charge in [0.15, 0.2) is 0 Å². The molecule has 0 aliphatic rings. The van der Waals surface area contributed by atoms with Gasteiger partial charge in [-0.1, -0.05) is 19.1 Å². The number of aryl methyl sites for hydroxylation is 1. The van der Waals surface area contributed by atoms with Crippen molar-refractivity contribution in [2.75, 3.05) is 5.32 Å². The Labute approximate surface area is 113 Å². The smallest absolute Gasteiger partial charge is 0.319 e. The van der Waals surface area contributed by atoms with Crippen molar-refractivity contribution in [3.63, 3.8) is 0 Å². The summed E-state index contributed by atoms with van der Waals surface area (Å²) in [4.78, 5) is 22.5. The van der Waals surface area contributed by atoms with Gasteiger partial charge in [0, 0.05) is 11.2 Å². The molecule has 0 saturated carbocycles. The van der Waals surface area contributed by atoms with Crippen molar-refractivity contribution < 1.29 is 14.7 Å². The summed E-state index contributed by atoms with van der Waals surface area (Å²) in [7, 11) is 0. The molecule has 0 spiro atoms. The molecule has 0 unspecified atom stereocenters. The average molecular weight is 264 g/mol. The molecule has 0 aliphatic carbocycles. The lowest BCUT2D eigenvalue weighted by molar-refractivity contribution is -0.138. The molecular formula is C14H20N2O3. The second-order valence-corrected chi connectivity index (χ2v) is 5.09. The maximum Gasteiger partial charge on any atom is 0.319 e. The van der Waals surface area contributed by atoms with Crippen molar-refractivity contribution in [3.05, 3.63) is 29.8 Å². The third kappa shape index (κ3) is 5.42. The predicted molar refractivity (Wildman–Crippen MR) is 74.3 cm³/mol. The van der Waals surface area contributed by atoms with Gasteiger partial charge < -0.3 is 15.7 Å². The van der Waals surface area contributed by atoms with Gasteiger partial charge in [0.1, 0.15) is 0 Å². The van der Waals surface area contributed by atoms with Crippen LogP contribution in [0.3, 0.4) is 0 Å². The minimum absolute atomic E-state index is 0.130. The van der Waals surface area contributed by atoms with Gasteiger partial charge in [0.25, 0.3) is 0 Å². The highest BCUT2D eigenvalue weighted by molar-refractivity contribution is 5.90. The van der Waals surface area contributed by atoms with Crippen molar-refractivity contribution >= 4 is 17.7 Å². The molecule has 3 N–H and O–H groups in total. The van der Waals surface area contributed by atoms with Crippen molar-refractivity contribution in [1.29, 1.82) is 0 Å². The molecule has 5 heteroatoms. The van der Waals surface area contributed by atoms with Crippen LogP contribution in [0.2, 0.25) is 0 Å². The van der Waals surface area contributed by atoms with Gasteiger partial charge in [-0.3, -0.25) is 4.79 Å². The number of carboxylic acid groups (broad SMARTS) is 1. The van der Waals surface area contributed by atoms with Gasteiger partial charge in [-0.15, -0.1) is 0 Å². The topological polar surface area (TPSA) is 78.4 Å². The summed E-state index contributed by atoms with van der Waals surface area (Å²) in [6.45, 7) is 5.38. The number of urea groups is 1. The van der Waals surface area contributed by atoms with E-state index < -0.39 is 17.5 Å². The number of rotatable bonds is 5. The number of benzene rings is 1. The first-order valence-electron chi connectivity index (χ1n) is 6.22. The molecule has 1 aromatic carbocycles. The highest BCUT2D eigenvalue weighted by atomic mass is 16.4. The van der Waals surface area contributed by atoms with Crippen LogP contribution in [-0.4, -0.2) is 22.6 Å². The van der Waals surface area contributed by atoms with Crippen molar-refractivity contribution in [1.82, 2.24) is 5.32 Å². The van der Waals surface area contributed by atoms with E-state index in [0.29, 0.717) is 5.69 Å². The summed E-state index contributed by atoms with van der Waals surface area (Å²) < 4.78 is 0. The Balaban J connectivity index is 2.62. The first kappa shape index (κ1) is 15.0. The van der Waals surface area contributed by atoms with Crippen LogP contribution in [-0.2, 0) is 11.2 Å². The summed E-state index contributed by atoms with van der Waals surface area (Å²) in [6.07, 6.45) is 0.761. The Morgan fingerprint density at radius 2 is 2.00 bits per heavy atom. The SMILES string of the molecule is CCc1cccc(NC(=O)NC(C)(C)CC(=O)O)c1. The summed E-state index contributed by atoms with van der Waals surface area (Å²) in [5.41, 5.74) is 1.03. The van der Waals surface area contributed by atoms with Crippen LogP contribution in [0.15, 0.2) is 24.3 Å². The molecule has 0 bridgehead atoms. The number of nitrogens with one attached hydrogen (secondary N) is 2. The number of hydrogen-bond donors (Lipinski definition) is 3. The summed E-state index contributed by atoms with van der Waals surface area (Å²) in [5, 5.41) is 14.1. The zero-order chi connectivity index (χ0) is 14.5. The molecule has 104 valence electrons. The summed E-state index contributed by atoms with van der Waals surface area (Å²) in [6, 6.07) is 7.14. The number of carboxylic acids is 1. The van der Waals surface area contributed by atoms with E-state index in [2.05, 4.69) is 10.6 Å². The van der Waals surface area contributed by atoms with E-state index >= 15 is 0 Å². The minimum atomic E-state index is -0.946. The largest absolute Gasteiger partial charge is 0.481 e. The molecule has 19 heavy (non-hydrogen) atoms. The molecule has 0 aliphatic heterocycles. The number of carbonyl (C=O) groups is 2. The maximum atomic E-state index is 11.8. The first-order valence-corrected chi connectivity index (χ1v) is 6.22. The Morgan fingerprint density at radius 3 is 2.58 bits per heavy atom. The van der Waals surface area contributed by atoms with E-state index in [-0.39, 0.29) is 6.42 Å². The molecule has 0 saturated heterocycles. The van der Waals surface area contributed by atoms with Crippen LogP contribution in [0.25, 0.3) is 0 Å². The van der Waals surface area contributed by atoms with Crippen LogP contribution >= 0.6 is 0 Å². The van der Waals surface area contributed by atoms with Crippen molar-refractivity contribution in [3.8, 4) is 0 Å². The first-order chi connectivity index (χ1) is 8.82. The van der Waals surface area contributed by atoms with Crippen LogP contribution in [0.4, 0.5) is 10.5 Å². The van der Waals surface area contributed by atoms with Gasteiger partial charge in [0.05, 0.1) is 6.42 Å². The molecule has 0 radical (unpaired) electrons. The molecule has 5 nitrogen and oxygen atoms in total. The molecule has 2 amide bonds. The molecule has 0 fully saturated rings. The van der Waals surface area contributed by atoms with Gasteiger partial charge in [-0.25, -0.2) is 4.79 Å². The lowest BCUT2D eigenvalue weighted by Gasteiger charge is -2.24. The van der Waals surface area contributed by atoms with Gasteiger partial charge in [-0.05, 0) is 38.0 Å². The standard InChI is InChI=1S/C14H20N2O3/c1-4-10-6-5-7-11(8-10)15-13(19)16-14(2,3)9-12(17)18/h5-8H,4,9H2,1-3H3,(H,17,18)(H2,15,16,19). The van der Waals surface area contributed by atoms with Gasteiger partial charge >= 0.3 is 12.0 Å². The Morgan fingerprint density at radius 1 is 1.32 bits per heavy atom. The summed E-state index contributed by atoms with van der Waals surface area (Å²) >= 11 is 0.